The summed E-state index contributed by atoms with van der Waals surface area (Å²) in [6.45, 7) is 3.69. The van der Waals surface area contributed by atoms with Crippen LogP contribution in [0.15, 0.2) is 42.5 Å². The number of alkyl halides is 2. The summed E-state index contributed by atoms with van der Waals surface area (Å²) in [4.78, 5) is 0. The molecule has 1 N–H and O–H groups in total. The third-order valence-corrected chi connectivity index (χ3v) is 7.30. The lowest BCUT2D eigenvalue weighted by atomic mass is 10.1. The second-order valence-electron chi connectivity index (χ2n) is 9.13. The highest BCUT2D eigenvalue weighted by molar-refractivity contribution is 7.92. The third-order valence-electron chi connectivity index (χ3n) is 5.65. The van der Waals surface area contributed by atoms with E-state index in [4.69, 9.17) is 4.74 Å². The molecule has 1 aliphatic rings. The zero-order valence-corrected chi connectivity index (χ0v) is 19.9. The first-order chi connectivity index (χ1) is 16.2. The van der Waals surface area contributed by atoms with Gasteiger partial charge in [0.05, 0.1) is 22.5 Å². The molecule has 1 fully saturated rings. The van der Waals surface area contributed by atoms with Gasteiger partial charge in [0.1, 0.15) is 18.4 Å². The Balaban J connectivity index is 1.74. The number of aromatic nitrogens is 1. The zero-order valence-electron chi connectivity index (χ0n) is 19.1. The second kappa shape index (κ2) is 9.63. The fourth-order valence-electron chi connectivity index (χ4n) is 4.10. The molecule has 180 valence electrons. The van der Waals surface area contributed by atoms with E-state index >= 15 is 0 Å². The van der Waals surface area contributed by atoms with E-state index in [0.29, 0.717) is 29.5 Å². The Labute approximate surface area is 198 Å². The molecule has 0 bridgehead atoms. The number of rotatable bonds is 10. The first-order valence-corrected chi connectivity index (χ1v) is 12.9. The number of fused-ring (bicyclic) bond motifs is 1. The largest absolute Gasteiger partial charge is 0.488 e. The maximum Gasteiger partial charge on any atom is 0.272 e. The van der Waals surface area contributed by atoms with Crippen LogP contribution in [0.2, 0.25) is 0 Å². The molecule has 0 radical (unpaired) electrons. The fourth-order valence-corrected chi connectivity index (χ4v) is 5.55. The molecule has 0 unspecified atom stereocenters. The van der Waals surface area contributed by atoms with Gasteiger partial charge >= 0.3 is 0 Å². The van der Waals surface area contributed by atoms with E-state index < -0.39 is 23.1 Å². The summed E-state index contributed by atoms with van der Waals surface area (Å²) in [5, 5.41) is 10.7. The van der Waals surface area contributed by atoms with Crippen LogP contribution in [0.5, 0.6) is 5.75 Å². The molecule has 34 heavy (non-hydrogen) atoms. The highest BCUT2D eigenvalue weighted by atomic mass is 32.2. The molecule has 9 heteroatoms. The van der Waals surface area contributed by atoms with Gasteiger partial charge in [-0.3, -0.25) is 4.72 Å². The van der Waals surface area contributed by atoms with Crippen molar-refractivity contribution in [3.8, 4) is 23.1 Å². The second-order valence-corrected chi connectivity index (χ2v) is 10.9. The van der Waals surface area contributed by atoms with Gasteiger partial charge in [0, 0.05) is 23.7 Å². The van der Waals surface area contributed by atoms with Crippen molar-refractivity contribution in [2.75, 3.05) is 17.1 Å². The molecule has 3 aromatic rings. The van der Waals surface area contributed by atoms with E-state index in [1.54, 1.807) is 42.5 Å². The number of ether oxygens (including phenoxy) is 1. The van der Waals surface area contributed by atoms with Gasteiger partial charge in [0.2, 0.25) is 10.0 Å². The van der Waals surface area contributed by atoms with Crippen molar-refractivity contribution in [3.63, 3.8) is 0 Å². The molecule has 1 heterocycles. The lowest BCUT2D eigenvalue weighted by Gasteiger charge is -2.13. The Hall–Kier alpha value is -3.12. The van der Waals surface area contributed by atoms with Gasteiger partial charge in [0.25, 0.3) is 6.43 Å². The summed E-state index contributed by atoms with van der Waals surface area (Å²) >= 11 is 0. The lowest BCUT2D eigenvalue weighted by Crippen LogP contribution is -2.19. The Kier molecular flexibility index (Phi) is 6.80. The maximum absolute atomic E-state index is 12.6. The highest BCUT2D eigenvalue weighted by Gasteiger charge is 2.27. The van der Waals surface area contributed by atoms with E-state index in [1.807, 2.05) is 13.8 Å². The topological polar surface area (TPSA) is 84.1 Å². The molecule has 2 aromatic carbocycles. The van der Waals surface area contributed by atoms with Crippen LogP contribution in [0.4, 0.5) is 14.5 Å². The Morgan fingerprint density at radius 3 is 2.47 bits per heavy atom. The Bertz CT molecular complexity index is 1320. The smallest absolute Gasteiger partial charge is 0.272 e. The Morgan fingerprint density at radius 2 is 1.88 bits per heavy atom. The third kappa shape index (κ3) is 5.50. The average molecular weight is 488 g/mol. The van der Waals surface area contributed by atoms with Crippen molar-refractivity contribution in [3.05, 3.63) is 48.0 Å². The minimum absolute atomic E-state index is 0.00246. The molecule has 0 atom stereocenters. The molecule has 0 spiro atoms. The summed E-state index contributed by atoms with van der Waals surface area (Å²) in [6.07, 6.45) is -0.381. The van der Waals surface area contributed by atoms with Gasteiger partial charge in [-0.05, 0) is 54.5 Å². The van der Waals surface area contributed by atoms with Gasteiger partial charge in [-0.1, -0.05) is 26.0 Å². The molecule has 6 nitrogen and oxygen atoms in total. The predicted octanol–water partition coefficient (Wildman–Crippen LogP) is 5.63. The van der Waals surface area contributed by atoms with Crippen LogP contribution < -0.4 is 9.46 Å². The SMILES string of the molecule is CC(C)CS(=O)(=O)Nc1ccc(-c2c(C#N)c3ccc(OCC(F)F)cc3n2CC2CC2)cc1. The molecule has 4 rings (SSSR count). The fraction of sp³-hybridized carbons (Fsp3) is 0.400. The minimum atomic E-state index is -3.45. The zero-order chi connectivity index (χ0) is 24.5. The number of halogens is 2. The molecular formula is C25H27F2N3O3S. The van der Waals surface area contributed by atoms with Gasteiger partial charge in [0.15, 0.2) is 0 Å². The molecule has 0 amide bonds. The molecule has 1 aromatic heterocycles. The van der Waals surface area contributed by atoms with Gasteiger partial charge in [-0.2, -0.15) is 5.26 Å². The number of benzene rings is 2. The summed E-state index contributed by atoms with van der Waals surface area (Å²) < 4.78 is 59.7. The van der Waals surface area contributed by atoms with Gasteiger partial charge in [-0.25, -0.2) is 17.2 Å². The van der Waals surface area contributed by atoms with Crippen LogP contribution in [-0.2, 0) is 16.6 Å². The van der Waals surface area contributed by atoms with E-state index in [0.717, 1.165) is 35.0 Å². The molecule has 0 aliphatic heterocycles. The van der Waals surface area contributed by atoms with Crippen molar-refractivity contribution < 1.29 is 21.9 Å². The molecule has 0 saturated heterocycles. The van der Waals surface area contributed by atoms with Crippen LogP contribution in [0.3, 0.4) is 0 Å². The summed E-state index contributed by atoms with van der Waals surface area (Å²) in [7, 11) is -3.45. The van der Waals surface area contributed by atoms with Gasteiger partial charge < -0.3 is 9.30 Å². The van der Waals surface area contributed by atoms with E-state index in [2.05, 4.69) is 15.4 Å². The number of nitrogens with zero attached hydrogens (tertiary/aromatic N) is 2. The van der Waals surface area contributed by atoms with Crippen LogP contribution in [0.25, 0.3) is 22.2 Å². The summed E-state index contributed by atoms with van der Waals surface area (Å²) in [6, 6.07) is 14.3. The van der Waals surface area contributed by atoms with Crippen LogP contribution >= 0.6 is 0 Å². The number of anilines is 1. The molecule has 1 aliphatic carbocycles. The predicted molar refractivity (Wildman–Crippen MR) is 129 cm³/mol. The highest BCUT2D eigenvalue weighted by Crippen LogP contribution is 2.39. The van der Waals surface area contributed by atoms with Crippen molar-refractivity contribution >= 4 is 26.6 Å². The first kappa shape index (κ1) is 24.0. The monoisotopic (exact) mass is 487 g/mol. The Morgan fingerprint density at radius 1 is 1.18 bits per heavy atom. The quantitative estimate of drug-likeness (QED) is 0.402. The van der Waals surface area contributed by atoms with Gasteiger partial charge in [-0.15, -0.1) is 0 Å². The average Bonchev–Trinajstić information content (AvgIpc) is 3.53. The number of nitriles is 1. The van der Waals surface area contributed by atoms with Crippen LogP contribution in [0.1, 0.15) is 32.3 Å². The van der Waals surface area contributed by atoms with Crippen molar-refractivity contribution in [2.24, 2.45) is 11.8 Å². The number of hydrogen-bond acceptors (Lipinski definition) is 4. The van der Waals surface area contributed by atoms with Crippen LogP contribution in [0, 0.1) is 23.2 Å². The van der Waals surface area contributed by atoms with Crippen LogP contribution in [-0.4, -0.2) is 31.8 Å². The molecule has 1 saturated carbocycles. The van der Waals surface area contributed by atoms with Crippen molar-refractivity contribution in [2.45, 2.75) is 39.7 Å². The van der Waals surface area contributed by atoms with E-state index in [-0.39, 0.29) is 11.7 Å². The summed E-state index contributed by atoms with van der Waals surface area (Å²) in [5.41, 5.74) is 3.20. The van der Waals surface area contributed by atoms with E-state index in [1.165, 1.54) is 0 Å². The number of sulfonamides is 1. The van der Waals surface area contributed by atoms with E-state index in [9.17, 15) is 22.5 Å². The van der Waals surface area contributed by atoms with Crippen molar-refractivity contribution in [1.82, 2.24) is 4.57 Å². The number of hydrogen-bond donors (Lipinski definition) is 1. The number of nitrogens with one attached hydrogen (secondary N) is 1. The first-order valence-electron chi connectivity index (χ1n) is 11.2. The van der Waals surface area contributed by atoms with Crippen molar-refractivity contribution in [1.29, 1.82) is 5.26 Å². The standard InChI is InChI=1S/C25H27F2N3O3S/c1-16(2)15-34(31,32)29-19-7-5-18(6-8-19)25-22(12-28)21-10-9-20(33-14-24(26)27)11-23(21)30(25)13-17-3-4-17/h5-11,16-17,24,29H,3-4,13-15H2,1-2H3. The minimum Gasteiger partial charge on any atom is -0.488 e. The normalized spacial score (nSPS) is 14.0. The summed E-state index contributed by atoms with van der Waals surface area (Å²) in [5.74, 6) is 0.850. The lowest BCUT2D eigenvalue weighted by molar-refractivity contribution is 0.0819. The molecular weight excluding hydrogens is 460 g/mol. The maximum atomic E-state index is 12.6.